The normalized spacial score (nSPS) is 13.1. The highest BCUT2D eigenvalue weighted by Gasteiger charge is 2.25. The second-order valence-electron chi connectivity index (χ2n) is 17.8. The molecule has 4 nitrogen and oxygen atoms in total. The number of para-hydroxylation sites is 2. The van der Waals surface area contributed by atoms with Gasteiger partial charge in [-0.05, 0) is 128 Å². The van der Waals surface area contributed by atoms with E-state index in [9.17, 15) is 5.11 Å². The first-order valence-corrected chi connectivity index (χ1v) is 20.7. The van der Waals surface area contributed by atoms with Gasteiger partial charge in [-0.1, -0.05) is 157 Å². The van der Waals surface area contributed by atoms with Gasteiger partial charge in [-0.15, -0.1) is 0 Å². The summed E-state index contributed by atoms with van der Waals surface area (Å²) in [5.41, 5.74) is 14.6. The largest absolute Gasteiger partial charge is 0.507 e. The predicted molar refractivity (Wildman–Crippen MR) is 255 cm³/mol. The minimum Gasteiger partial charge on any atom is -0.507 e. The highest BCUT2D eigenvalue weighted by Crippen LogP contribution is 2.44. The molecule has 0 aliphatic heterocycles. The minimum absolute atomic E-state index is 0.116. The Morgan fingerprint density at radius 3 is 2.00 bits per heavy atom. The summed E-state index contributed by atoms with van der Waals surface area (Å²) >= 11 is 0. The molecule has 0 unspecified atom stereocenters. The van der Waals surface area contributed by atoms with E-state index in [1.54, 1.807) is 24.4 Å². The van der Waals surface area contributed by atoms with E-state index in [0.717, 1.165) is 55.7 Å². The van der Waals surface area contributed by atoms with E-state index >= 15 is 0 Å². The van der Waals surface area contributed by atoms with Crippen LogP contribution < -0.4 is 0 Å². The number of nitrogens with zero attached hydrogens (tertiary/aromatic N) is 3. The summed E-state index contributed by atoms with van der Waals surface area (Å²) in [6.07, 6.45) is 1.62. The van der Waals surface area contributed by atoms with Crippen molar-refractivity contribution in [1.82, 2.24) is 14.5 Å². The second kappa shape index (κ2) is 15.5. The van der Waals surface area contributed by atoms with Gasteiger partial charge in [-0.2, -0.15) is 0 Å². The van der Waals surface area contributed by atoms with Gasteiger partial charge < -0.3 is 5.11 Å². The zero-order valence-electron chi connectivity index (χ0n) is 40.6. The number of aromatic nitrogens is 3. The third-order valence-electron chi connectivity index (χ3n) is 11.5. The summed E-state index contributed by atoms with van der Waals surface area (Å²) in [5.74, 6) is 0.727. The molecule has 0 saturated heterocycles. The van der Waals surface area contributed by atoms with Gasteiger partial charge in [0.1, 0.15) is 11.6 Å². The lowest BCUT2D eigenvalue weighted by atomic mass is 9.78. The Morgan fingerprint density at radius 2 is 1.26 bits per heavy atom. The minimum atomic E-state index is -0.431. The van der Waals surface area contributed by atoms with Gasteiger partial charge in [-0.25, -0.2) is 4.98 Å². The highest BCUT2D eigenvalue weighted by molar-refractivity contribution is 5.97. The molecule has 2 aromatic heterocycles. The SMILES string of the molecule is [2H]c1c([2H])c([2H])c(-c2ccnc(-c3cc(-c4cccc5c4nc(-c4ccccc4O)n5-c4ccc(-c5c(-c6ccccc6)cccc5C(C)(C)C)cc4C)cc(C(C)(C)C)c3)c2)c([2H])c1[2H]. The standard InChI is InChI=1S/C57H51N3O/c1-37-32-41(53-45(39-20-12-9-13-21-39)23-16-25-48(53)57(5,6)7)28-29-50(37)60-51-26-17-24-46(54(51)59-55(60)47-22-14-15-27-52(47)61)42-33-43(35-44(34-42)56(2,3)4)49-36-40(30-31-58-49)38-18-10-8-11-19-38/h8-36,61H,1-7H3/i8D,10D,11D,18D,19D. The van der Waals surface area contributed by atoms with Crippen molar-refractivity contribution >= 4 is 11.0 Å². The molecule has 0 atom stereocenters. The number of rotatable bonds is 7. The van der Waals surface area contributed by atoms with E-state index in [0.29, 0.717) is 22.6 Å². The topological polar surface area (TPSA) is 50.9 Å². The van der Waals surface area contributed by atoms with Gasteiger partial charge in [0.25, 0.3) is 0 Å². The number of phenolic OH excluding ortho intramolecular Hbond substituents is 1. The maximum Gasteiger partial charge on any atom is 0.149 e. The number of aromatic hydroxyl groups is 1. The molecule has 0 fully saturated rings. The smallest absolute Gasteiger partial charge is 0.149 e. The quantitative estimate of drug-likeness (QED) is 0.175. The van der Waals surface area contributed by atoms with E-state index < -0.39 is 6.04 Å². The van der Waals surface area contributed by atoms with Crippen LogP contribution in [0, 0.1) is 6.92 Å². The second-order valence-corrected chi connectivity index (χ2v) is 17.8. The summed E-state index contributed by atoms with van der Waals surface area (Å²) < 4.78 is 44.2. The van der Waals surface area contributed by atoms with Gasteiger partial charge in [0.2, 0.25) is 0 Å². The van der Waals surface area contributed by atoms with E-state index in [4.69, 9.17) is 16.8 Å². The van der Waals surface area contributed by atoms with Gasteiger partial charge in [0.05, 0.1) is 34.8 Å². The summed E-state index contributed by atoms with van der Waals surface area (Å²) in [6, 6.07) is 45.4. The van der Waals surface area contributed by atoms with Crippen LogP contribution in [0.5, 0.6) is 5.75 Å². The fourth-order valence-corrected chi connectivity index (χ4v) is 8.33. The number of phenols is 1. The number of benzene rings is 7. The Hall–Kier alpha value is -7.04. The average molecular weight is 799 g/mol. The van der Waals surface area contributed by atoms with Crippen LogP contribution in [0.4, 0.5) is 0 Å². The molecule has 0 spiro atoms. The van der Waals surface area contributed by atoms with Crippen molar-refractivity contribution in [3.05, 3.63) is 193 Å². The third kappa shape index (κ3) is 7.55. The summed E-state index contributed by atoms with van der Waals surface area (Å²) in [7, 11) is 0. The third-order valence-corrected chi connectivity index (χ3v) is 11.5. The van der Waals surface area contributed by atoms with Gasteiger partial charge in [0.15, 0.2) is 0 Å². The van der Waals surface area contributed by atoms with E-state index in [-0.39, 0.29) is 46.3 Å². The molecule has 4 heteroatoms. The maximum absolute atomic E-state index is 11.4. The number of hydrogen-bond donors (Lipinski definition) is 1. The van der Waals surface area contributed by atoms with Crippen LogP contribution >= 0.6 is 0 Å². The molecule has 0 amide bonds. The Bertz CT molecular complexity index is 3330. The Morgan fingerprint density at radius 1 is 0.557 bits per heavy atom. The first kappa shape index (κ1) is 33.8. The number of imidazole rings is 1. The van der Waals surface area contributed by atoms with E-state index in [2.05, 4.69) is 144 Å². The van der Waals surface area contributed by atoms with Crippen molar-refractivity contribution in [2.24, 2.45) is 0 Å². The Balaban J connectivity index is 1.25. The number of fused-ring (bicyclic) bond motifs is 1. The van der Waals surface area contributed by atoms with Gasteiger partial charge >= 0.3 is 0 Å². The molecular formula is C57H51N3O. The van der Waals surface area contributed by atoms with Crippen molar-refractivity contribution in [1.29, 1.82) is 0 Å². The van der Waals surface area contributed by atoms with Crippen LogP contribution in [0.3, 0.4) is 0 Å². The first-order chi connectivity index (χ1) is 31.4. The maximum atomic E-state index is 11.4. The molecule has 7 aromatic carbocycles. The van der Waals surface area contributed by atoms with Crippen molar-refractivity contribution in [3.8, 4) is 78.6 Å². The van der Waals surface area contributed by atoms with Crippen LogP contribution in [-0.4, -0.2) is 19.6 Å². The van der Waals surface area contributed by atoms with E-state index in [1.165, 1.54) is 16.7 Å². The summed E-state index contributed by atoms with van der Waals surface area (Å²) in [6.45, 7) is 15.4. The van der Waals surface area contributed by atoms with Crippen molar-refractivity contribution < 1.29 is 12.0 Å². The van der Waals surface area contributed by atoms with Crippen LogP contribution in [0.2, 0.25) is 0 Å². The van der Waals surface area contributed by atoms with Gasteiger partial charge in [-0.3, -0.25) is 9.55 Å². The molecule has 300 valence electrons. The fourth-order valence-electron chi connectivity index (χ4n) is 8.33. The monoisotopic (exact) mass is 798 g/mol. The lowest BCUT2D eigenvalue weighted by Gasteiger charge is -2.26. The highest BCUT2D eigenvalue weighted by atomic mass is 16.3. The van der Waals surface area contributed by atoms with Crippen molar-refractivity contribution in [2.45, 2.75) is 59.3 Å². The number of hydrogen-bond acceptors (Lipinski definition) is 3. The summed E-state index contributed by atoms with van der Waals surface area (Å²) in [5, 5.41) is 11.4. The van der Waals surface area contributed by atoms with Crippen LogP contribution in [-0.2, 0) is 10.8 Å². The molecule has 0 radical (unpaired) electrons. The van der Waals surface area contributed by atoms with Crippen molar-refractivity contribution in [3.63, 3.8) is 0 Å². The fraction of sp³-hybridized carbons (Fsp3) is 0.158. The number of pyridine rings is 1. The van der Waals surface area contributed by atoms with Crippen LogP contribution in [0.25, 0.3) is 83.9 Å². The van der Waals surface area contributed by atoms with E-state index in [1.807, 2.05) is 30.3 Å². The molecule has 0 aliphatic carbocycles. The molecular weight excluding hydrogens is 743 g/mol. The molecule has 2 heterocycles. The molecule has 0 bridgehead atoms. The lowest BCUT2D eigenvalue weighted by Crippen LogP contribution is -2.13. The molecule has 1 N–H and O–H groups in total. The Kier molecular flexibility index (Phi) is 8.59. The zero-order chi connectivity index (χ0) is 46.8. The van der Waals surface area contributed by atoms with Gasteiger partial charge in [0, 0.05) is 17.3 Å². The predicted octanol–water partition coefficient (Wildman–Crippen LogP) is 15.0. The first-order valence-electron chi connectivity index (χ1n) is 23.2. The number of aryl methyl sites for hydroxylation is 1. The lowest BCUT2D eigenvalue weighted by molar-refractivity contribution is 0.477. The zero-order valence-corrected chi connectivity index (χ0v) is 35.6. The average Bonchev–Trinajstić information content (AvgIpc) is 3.69. The van der Waals surface area contributed by atoms with Crippen molar-refractivity contribution in [2.75, 3.05) is 0 Å². The molecule has 0 aliphatic rings. The molecule has 0 saturated carbocycles. The Labute approximate surface area is 366 Å². The summed E-state index contributed by atoms with van der Waals surface area (Å²) in [4.78, 5) is 10.2. The molecule has 61 heavy (non-hydrogen) atoms. The molecule has 9 aromatic rings. The van der Waals surface area contributed by atoms with Crippen LogP contribution in [0.1, 0.15) is 65.1 Å². The van der Waals surface area contributed by atoms with Crippen LogP contribution in [0.15, 0.2) is 176 Å². The molecule has 9 rings (SSSR count).